The lowest BCUT2D eigenvalue weighted by Gasteiger charge is -2.37. The minimum absolute atomic E-state index is 0.197. The van der Waals surface area contributed by atoms with Gasteiger partial charge in [-0.15, -0.1) is 12.3 Å². The first-order chi connectivity index (χ1) is 42.4. The largest absolute Gasteiger partial charge is 0.488 e. The summed E-state index contributed by atoms with van der Waals surface area (Å²) >= 11 is 12.8. The Kier molecular flexibility index (Phi) is 27.2. The van der Waals surface area contributed by atoms with Crippen molar-refractivity contribution in [2.45, 2.75) is 143 Å². The molecule has 0 spiro atoms. The van der Waals surface area contributed by atoms with Crippen LogP contribution < -0.4 is 19.5 Å². The number of rotatable bonds is 12. The summed E-state index contributed by atoms with van der Waals surface area (Å²) in [4.78, 5) is 65.2. The van der Waals surface area contributed by atoms with Gasteiger partial charge in [-0.05, 0) is 106 Å². The van der Waals surface area contributed by atoms with Crippen LogP contribution in [0.25, 0.3) is 0 Å². The Hall–Kier alpha value is -8.80. The number of fused-ring (bicyclic) bond motifs is 3. The lowest BCUT2D eigenvalue weighted by atomic mass is 9.91. The molecule has 16 nitrogen and oxygen atoms in total. The highest BCUT2D eigenvalue weighted by Crippen LogP contribution is 2.39. The van der Waals surface area contributed by atoms with Crippen molar-refractivity contribution < 1.29 is 61.9 Å². The number of aryl methyl sites for hydroxylation is 1. The minimum atomic E-state index is -0.824. The van der Waals surface area contributed by atoms with Gasteiger partial charge in [0.1, 0.15) is 66.4 Å². The van der Waals surface area contributed by atoms with Crippen molar-refractivity contribution >= 4 is 53.3 Å². The Morgan fingerprint density at radius 1 is 0.539 bits per heavy atom. The average molecular weight is 1250 g/mol. The molecule has 6 aromatic carbocycles. The van der Waals surface area contributed by atoms with Crippen LogP contribution >= 0.6 is 23.2 Å². The molecule has 89 heavy (non-hydrogen) atoms. The quantitative estimate of drug-likeness (QED) is 0.0529. The Bertz CT molecular complexity index is 3260. The van der Waals surface area contributed by atoms with Crippen molar-refractivity contribution in [2.75, 3.05) is 21.3 Å². The number of nitrogens with one attached hydrogen (secondary N) is 1. The van der Waals surface area contributed by atoms with Gasteiger partial charge in [-0.3, -0.25) is 14.6 Å². The summed E-state index contributed by atoms with van der Waals surface area (Å²) < 4.78 is 44.0. The third-order valence-electron chi connectivity index (χ3n) is 13.7. The van der Waals surface area contributed by atoms with Gasteiger partial charge in [0.2, 0.25) is 0 Å². The van der Waals surface area contributed by atoms with Crippen LogP contribution in [0, 0.1) is 38.5 Å². The number of carbonyl (C=O) groups is 5. The van der Waals surface area contributed by atoms with Crippen molar-refractivity contribution in [3.63, 3.8) is 0 Å². The Morgan fingerprint density at radius 3 is 1.25 bits per heavy atom. The van der Waals surface area contributed by atoms with E-state index in [1.165, 1.54) is 31.1 Å². The smallest absolute Gasteiger partial charge is 0.411 e. The molecule has 3 unspecified atom stereocenters. The average Bonchev–Trinajstić information content (AvgIpc) is 2.95. The van der Waals surface area contributed by atoms with Gasteiger partial charge in [0.25, 0.3) is 0 Å². The summed E-state index contributed by atoms with van der Waals surface area (Å²) in [5.41, 5.74) is 8.38. The fraction of sp³-hybridized carbons (Fsp3) is 0.352. The highest BCUT2D eigenvalue weighted by Gasteiger charge is 2.41. The number of terminal acetylenes is 2. The number of carbonyl (C=O) groups excluding carboxylic acids is 5. The molecule has 0 aliphatic carbocycles. The molecular weight excluding hydrogens is 1170 g/mol. The monoisotopic (exact) mass is 1250 g/mol. The number of amides is 2. The zero-order valence-electron chi connectivity index (χ0n) is 52.5. The van der Waals surface area contributed by atoms with Crippen LogP contribution in [-0.2, 0) is 96.8 Å². The summed E-state index contributed by atoms with van der Waals surface area (Å²) in [6.45, 7) is 19.6. The molecule has 0 fully saturated rings. The number of halogens is 2. The third-order valence-corrected chi connectivity index (χ3v) is 14.3. The van der Waals surface area contributed by atoms with E-state index in [1.54, 1.807) is 54.5 Å². The first kappa shape index (κ1) is 71.0. The van der Waals surface area contributed by atoms with Gasteiger partial charge in [0.05, 0.1) is 44.5 Å². The highest BCUT2D eigenvalue weighted by atomic mass is 35.5. The topological polar surface area (TPSA) is 178 Å². The van der Waals surface area contributed by atoms with E-state index in [0.717, 1.165) is 61.4 Å². The van der Waals surface area contributed by atoms with Crippen molar-refractivity contribution in [1.82, 2.24) is 15.1 Å². The number of nitrogens with zero attached hydrogens (tertiary/aromatic N) is 2. The Morgan fingerprint density at radius 2 is 0.876 bits per heavy atom. The normalized spacial score (nSPS) is 15.2. The predicted octanol–water partition coefficient (Wildman–Crippen LogP) is 13.4. The van der Waals surface area contributed by atoms with Crippen LogP contribution in [0.4, 0.5) is 9.59 Å². The summed E-state index contributed by atoms with van der Waals surface area (Å²) in [7, 11) is 4.02. The zero-order valence-corrected chi connectivity index (χ0v) is 54.1. The maximum absolute atomic E-state index is 12.8. The van der Waals surface area contributed by atoms with E-state index in [4.69, 9.17) is 61.1 Å². The second kappa shape index (κ2) is 34.1. The summed E-state index contributed by atoms with van der Waals surface area (Å²) in [5.74, 6) is 4.93. The van der Waals surface area contributed by atoms with Gasteiger partial charge in [0.15, 0.2) is 0 Å². The first-order valence-corrected chi connectivity index (χ1v) is 29.4. The van der Waals surface area contributed by atoms with Crippen molar-refractivity contribution in [1.29, 1.82) is 0 Å². The number of hydrogen-bond donors (Lipinski definition) is 1. The number of esters is 3. The van der Waals surface area contributed by atoms with E-state index >= 15 is 0 Å². The lowest BCUT2D eigenvalue weighted by molar-refractivity contribution is -0.148. The first-order valence-electron chi connectivity index (χ1n) is 28.7. The van der Waals surface area contributed by atoms with Gasteiger partial charge >= 0.3 is 30.1 Å². The molecule has 0 bridgehead atoms. The maximum atomic E-state index is 12.8. The minimum Gasteiger partial charge on any atom is -0.488 e. The van der Waals surface area contributed by atoms with Crippen LogP contribution in [-0.4, -0.2) is 90.6 Å². The molecule has 472 valence electrons. The SMILES string of the molecule is C#CC.C#C[CH2-].COC(=O)C1Cc2c(ccc(C)c2OCc2ccccc2)CN1C(=O)OC(C)(C)C.COC(=O)C1Cc2c(ccc(Cl)c2OCc2ccccc2)CN1.COC(=O)C1Cc2c(ccc(Cl)c2OCc2ccccc2)CN1C(=O)OC(C)(C)C. The van der Waals surface area contributed by atoms with Crippen LogP contribution in [0.1, 0.15) is 104 Å². The molecule has 0 saturated heterocycles. The van der Waals surface area contributed by atoms with E-state index < -0.39 is 47.4 Å². The van der Waals surface area contributed by atoms with Crippen LogP contribution in [0.2, 0.25) is 10.0 Å². The van der Waals surface area contributed by atoms with Gasteiger partial charge < -0.3 is 55.6 Å². The van der Waals surface area contributed by atoms with E-state index in [-0.39, 0.29) is 31.5 Å². The van der Waals surface area contributed by atoms with Gasteiger partial charge in [-0.1, -0.05) is 138 Å². The fourth-order valence-electron chi connectivity index (χ4n) is 9.63. The van der Waals surface area contributed by atoms with Crippen molar-refractivity contribution in [2.24, 2.45) is 0 Å². The molecule has 3 aliphatic rings. The molecule has 18 heteroatoms. The second-order valence-electron chi connectivity index (χ2n) is 22.6. The van der Waals surface area contributed by atoms with E-state index in [9.17, 15) is 24.0 Å². The zero-order chi connectivity index (χ0) is 65.4. The molecular formula is C71H80Cl2N3O13-. The van der Waals surface area contributed by atoms with Crippen LogP contribution in [0.3, 0.4) is 0 Å². The fourth-order valence-corrected chi connectivity index (χ4v) is 10.1. The lowest BCUT2D eigenvalue weighted by Crippen LogP contribution is -2.50. The van der Waals surface area contributed by atoms with E-state index in [1.807, 2.05) is 134 Å². The van der Waals surface area contributed by atoms with Crippen molar-refractivity contribution in [3.8, 4) is 41.9 Å². The number of ether oxygens (including phenoxy) is 8. The molecule has 3 aliphatic heterocycles. The number of benzene rings is 6. The van der Waals surface area contributed by atoms with Crippen LogP contribution in [0.15, 0.2) is 127 Å². The van der Waals surface area contributed by atoms with Crippen molar-refractivity contribution in [3.05, 3.63) is 200 Å². The second-order valence-corrected chi connectivity index (χ2v) is 23.4. The Balaban J connectivity index is 0.000000234. The number of methoxy groups -OCH3 is 3. The van der Waals surface area contributed by atoms with E-state index in [2.05, 4.69) is 31.0 Å². The van der Waals surface area contributed by atoms with Gasteiger partial charge in [0, 0.05) is 42.5 Å². The molecule has 3 heterocycles. The number of hydrogen-bond acceptors (Lipinski definition) is 14. The third kappa shape index (κ3) is 20.9. The molecule has 0 aromatic heterocycles. The summed E-state index contributed by atoms with van der Waals surface area (Å²) in [5, 5.41) is 4.19. The summed E-state index contributed by atoms with van der Waals surface area (Å²) in [6, 6.07) is 38.9. The molecule has 2 amide bonds. The highest BCUT2D eigenvalue weighted by molar-refractivity contribution is 6.32. The molecule has 9 rings (SSSR count). The Labute approximate surface area is 534 Å². The molecule has 1 N–H and O–H groups in total. The maximum Gasteiger partial charge on any atom is 0.411 e. The van der Waals surface area contributed by atoms with Gasteiger partial charge in [-0.25, -0.2) is 19.2 Å². The predicted molar refractivity (Wildman–Crippen MR) is 344 cm³/mol. The molecule has 0 saturated carbocycles. The standard InChI is InChI=1S/C24H29NO5.C23H26ClNO5.C18H18ClNO3.C3H4.C3H3/c1-16-11-12-18-14-25(23(27)30-24(2,3)4)20(22(26)28-5)13-19(18)21(16)29-15-17-9-7-6-8-10-17;1-23(2,3)30-22(27)25-13-16-10-11-18(24)20(17(16)12-19(25)21(26)28-4)29-14-15-8-6-5-7-9-15;1-22-18(21)16-9-14-13(10-20-16)7-8-15(19)17(14)23-11-12-5-3-2-4-6-12;2*1-3-2/h6-12,20H,13-15H2,1-5H3;5-11,19H,12-14H2,1-4H3;2-8,16,20H,9-11H2,1H3;1H,2H3;1H,2H2/q;;;;-1. The molecule has 3 atom stereocenters. The molecule has 6 aromatic rings. The summed E-state index contributed by atoms with van der Waals surface area (Å²) in [6.07, 6.45) is 9.03. The van der Waals surface area contributed by atoms with E-state index in [0.29, 0.717) is 60.8 Å². The van der Waals surface area contributed by atoms with Crippen LogP contribution in [0.5, 0.6) is 17.2 Å². The molecule has 0 radical (unpaired) electrons. The van der Waals surface area contributed by atoms with Gasteiger partial charge in [-0.2, -0.15) is 6.92 Å².